The quantitative estimate of drug-likeness (QED) is 0.0259. The zero-order chi connectivity index (χ0) is 61.3. The molecule has 14 N–H and O–H groups in total. The highest BCUT2D eigenvalue weighted by Crippen LogP contribution is 2.29. The van der Waals surface area contributed by atoms with Gasteiger partial charge in [0.25, 0.3) is 0 Å². The summed E-state index contributed by atoms with van der Waals surface area (Å²) in [6.07, 6.45) is -11.4. The zero-order valence-corrected chi connectivity index (χ0v) is 49.0. The number of ether oxygens (including phenoxy) is 10. The molecule has 0 aromatic rings. The predicted octanol–water partition coefficient (Wildman–Crippen LogP) is -4.04. The number of carbonyl (C=O) groups is 5. The van der Waals surface area contributed by atoms with Gasteiger partial charge in [-0.3, -0.25) is 24.0 Å². The summed E-state index contributed by atoms with van der Waals surface area (Å²) in [5.41, 5.74) is -1.45. The van der Waals surface area contributed by atoms with Gasteiger partial charge in [-0.2, -0.15) is 0 Å². The number of aliphatic hydroxyl groups is 9. The molecule has 0 spiro atoms. The van der Waals surface area contributed by atoms with Crippen molar-refractivity contribution >= 4 is 29.5 Å². The van der Waals surface area contributed by atoms with E-state index in [9.17, 15) is 69.9 Å². The van der Waals surface area contributed by atoms with Crippen LogP contribution in [-0.4, -0.2) is 273 Å². The van der Waals surface area contributed by atoms with E-state index in [1.54, 1.807) is 20.8 Å². The Kier molecular flexibility index (Phi) is 36.4. The maximum absolute atomic E-state index is 13.7. The molecule has 3 fully saturated rings. The van der Waals surface area contributed by atoms with Crippen molar-refractivity contribution in [1.29, 1.82) is 0 Å². The van der Waals surface area contributed by atoms with Gasteiger partial charge in [0.15, 0.2) is 18.9 Å². The van der Waals surface area contributed by atoms with E-state index >= 15 is 0 Å². The topological polar surface area (TPSA) is 420 Å². The Hall–Kier alpha value is -3.41. The minimum Gasteiger partial charge on any atom is -0.394 e. The van der Waals surface area contributed by atoms with Gasteiger partial charge in [0.1, 0.15) is 42.2 Å². The van der Waals surface area contributed by atoms with Crippen LogP contribution in [0.25, 0.3) is 0 Å². The Morgan fingerprint density at radius 1 is 0.422 bits per heavy atom. The van der Waals surface area contributed by atoms with Crippen molar-refractivity contribution in [2.75, 3.05) is 112 Å². The highest BCUT2D eigenvalue weighted by molar-refractivity contribution is 5.79. The van der Waals surface area contributed by atoms with Crippen molar-refractivity contribution in [3.63, 3.8) is 0 Å². The number of rotatable bonds is 43. The molecule has 83 heavy (non-hydrogen) atoms. The summed E-state index contributed by atoms with van der Waals surface area (Å²) in [7, 11) is 0. The minimum absolute atomic E-state index is 0.0550. The first-order chi connectivity index (χ1) is 39.7. The first-order valence-corrected chi connectivity index (χ1v) is 29.1. The van der Waals surface area contributed by atoms with Crippen molar-refractivity contribution in [1.82, 2.24) is 26.6 Å². The molecule has 29 nitrogen and oxygen atoms in total. The Morgan fingerprint density at radius 2 is 0.723 bits per heavy atom. The molecule has 29 heteroatoms. The third-order valence-corrected chi connectivity index (χ3v) is 14.2. The summed E-state index contributed by atoms with van der Waals surface area (Å²) in [4.78, 5) is 65.0. The molecule has 0 bridgehead atoms. The second-order valence-corrected chi connectivity index (χ2v) is 21.6. The van der Waals surface area contributed by atoms with Crippen LogP contribution >= 0.6 is 0 Å². The third-order valence-electron chi connectivity index (χ3n) is 14.2. The smallest absolute Gasteiger partial charge is 0.222 e. The molecule has 0 aliphatic carbocycles. The van der Waals surface area contributed by atoms with Gasteiger partial charge in [-0.25, -0.2) is 0 Å². The van der Waals surface area contributed by atoms with Gasteiger partial charge in [0.05, 0.1) is 104 Å². The Balaban J connectivity index is 1.60. The van der Waals surface area contributed by atoms with Crippen molar-refractivity contribution < 1.29 is 117 Å². The molecule has 3 aliphatic rings. The summed E-state index contributed by atoms with van der Waals surface area (Å²) >= 11 is 0. The molecule has 3 aliphatic heterocycles. The summed E-state index contributed by atoms with van der Waals surface area (Å²) in [6.45, 7) is 7.97. The van der Waals surface area contributed by atoms with E-state index in [0.29, 0.717) is 38.8 Å². The van der Waals surface area contributed by atoms with Gasteiger partial charge in [-0.1, -0.05) is 20.8 Å². The average molecular weight is 1200 g/mol. The fraction of sp³-hybridized carbons (Fsp3) is 0.907. The number of aliphatic hydroxyl groups excluding tert-OH is 9. The first kappa shape index (κ1) is 73.8. The van der Waals surface area contributed by atoms with Crippen LogP contribution < -0.4 is 26.6 Å². The van der Waals surface area contributed by atoms with Gasteiger partial charge >= 0.3 is 0 Å². The van der Waals surface area contributed by atoms with E-state index in [1.807, 2.05) is 13.8 Å². The van der Waals surface area contributed by atoms with Gasteiger partial charge in [0.2, 0.25) is 29.5 Å². The summed E-state index contributed by atoms with van der Waals surface area (Å²) in [6, 6.07) is 0. The van der Waals surface area contributed by atoms with Crippen LogP contribution in [0, 0.1) is 17.8 Å². The van der Waals surface area contributed by atoms with Crippen molar-refractivity contribution in [3.05, 3.63) is 0 Å². The molecule has 15 atom stereocenters. The van der Waals surface area contributed by atoms with Gasteiger partial charge < -0.3 is 120 Å². The van der Waals surface area contributed by atoms with E-state index < -0.39 is 123 Å². The lowest BCUT2D eigenvalue weighted by molar-refractivity contribution is -0.282. The molecule has 3 rings (SSSR count). The van der Waals surface area contributed by atoms with Crippen LogP contribution in [0.4, 0.5) is 0 Å². The average Bonchev–Trinajstić information content (AvgIpc) is 3.67. The fourth-order valence-corrected chi connectivity index (χ4v) is 9.00. The molecular weight excluding hydrogens is 1100 g/mol. The summed E-state index contributed by atoms with van der Waals surface area (Å²) < 4.78 is 57.5. The maximum atomic E-state index is 13.7. The molecule has 5 amide bonds. The number of hydrogen-bond donors (Lipinski definition) is 14. The lowest BCUT2D eigenvalue weighted by Gasteiger charge is -2.40. The van der Waals surface area contributed by atoms with Crippen molar-refractivity contribution in [2.45, 2.75) is 184 Å². The molecular formula is C54H99N5O24. The largest absolute Gasteiger partial charge is 0.394 e. The van der Waals surface area contributed by atoms with Gasteiger partial charge in [0, 0.05) is 82.6 Å². The monoisotopic (exact) mass is 1200 g/mol. The minimum atomic E-state index is -1.45. The Morgan fingerprint density at radius 3 is 1.04 bits per heavy atom. The van der Waals surface area contributed by atoms with E-state index in [0.717, 1.165) is 0 Å². The van der Waals surface area contributed by atoms with Gasteiger partial charge in [-0.05, 0) is 46.0 Å². The van der Waals surface area contributed by atoms with Crippen LogP contribution in [0.3, 0.4) is 0 Å². The molecule has 0 radical (unpaired) electrons. The van der Waals surface area contributed by atoms with Crippen molar-refractivity contribution in [3.8, 4) is 0 Å². The zero-order valence-electron chi connectivity index (χ0n) is 49.0. The van der Waals surface area contributed by atoms with Crippen LogP contribution in [-0.2, 0) is 71.3 Å². The van der Waals surface area contributed by atoms with Gasteiger partial charge in [-0.15, -0.1) is 0 Å². The number of amides is 5. The Bertz CT molecular complexity index is 1670. The normalized spacial score (nSPS) is 29.0. The van der Waals surface area contributed by atoms with E-state index in [4.69, 9.17) is 47.4 Å². The lowest BCUT2D eigenvalue weighted by atomic mass is 9.92. The van der Waals surface area contributed by atoms with E-state index in [-0.39, 0.29) is 147 Å². The molecule has 3 saturated heterocycles. The summed E-state index contributed by atoms with van der Waals surface area (Å²) in [5.74, 6) is -3.58. The molecule has 0 saturated carbocycles. The molecule has 0 aromatic carbocycles. The number of hydrogen-bond acceptors (Lipinski definition) is 24. The van der Waals surface area contributed by atoms with E-state index in [1.165, 1.54) is 0 Å². The highest BCUT2D eigenvalue weighted by Gasteiger charge is 2.45. The Labute approximate surface area is 486 Å². The van der Waals surface area contributed by atoms with Crippen LogP contribution in [0.2, 0.25) is 0 Å². The fourth-order valence-electron chi connectivity index (χ4n) is 9.00. The van der Waals surface area contributed by atoms with Crippen molar-refractivity contribution in [2.24, 2.45) is 17.8 Å². The SMILES string of the molecule is CC(C)OCCCNC(=O)CCCC(=O)NC(COCCC(=O)NCCCO[C@@H]1OC(CO)[C@H](O)[C@H](O)C1C)(COCCC(=O)NCCCO[C@@H]1OC(CO)[C@H](O)[C@H](O)C1C)COCCC(=O)NCCCO[C@@H]1OC(CO)[C@H](O)[C@H](O)C1C. The maximum Gasteiger partial charge on any atom is 0.222 e. The predicted molar refractivity (Wildman–Crippen MR) is 291 cm³/mol. The van der Waals surface area contributed by atoms with Crippen LogP contribution in [0.1, 0.15) is 98.8 Å². The molecule has 6 unspecified atom stereocenters. The van der Waals surface area contributed by atoms with Crippen LogP contribution in [0.5, 0.6) is 0 Å². The molecule has 3 heterocycles. The second-order valence-electron chi connectivity index (χ2n) is 21.6. The van der Waals surface area contributed by atoms with E-state index in [2.05, 4.69) is 26.6 Å². The molecule has 0 aromatic heterocycles. The lowest BCUT2D eigenvalue weighted by Crippen LogP contribution is -2.58. The van der Waals surface area contributed by atoms with Crippen LogP contribution in [0.15, 0.2) is 0 Å². The standard InChI is InChI=1S/C54H99N5O24/c1-33(2)77-20-7-16-55-40(63)11-6-12-44(67)59-54(30-74-24-13-41(64)56-17-8-21-78-51-34(3)45(68)48(71)37(27-60)81-51,31-75-25-14-42(65)57-18-9-22-79-52-35(4)46(69)49(72)38(28-61)82-52)32-76-26-15-43(66)58-19-10-23-80-53-36(5)47(70)50(73)39(29-62)83-53/h33-39,45-53,60-62,68-73H,6-32H2,1-5H3,(H,55,63)(H,56,64)(H,57,65)(H,58,66)(H,59,67)/t34?,35?,36?,37?,38?,39?,45-,46-,47-,48+,49+,50+,51-,52-,53-,54?/m1/s1. The third kappa shape index (κ3) is 27.5. The first-order valence-electron chi connectivity index (χ1n) is 29.1. The molecule has 484 valence electrons. The summed E-state index contributed by atoms with van der Waals surface area (Å²) in [5, 5.41) is 104. The number of nitrogens with one attached hydrogen (secondary N) is 5. The second kappa shape index (κ2) is 40.9. The number of carbonyl (C=O) groups excluding carboxylic acids is 5. The highest BCUT2D eigenvalue weighted by atomic mass is 16.7.